The number of rotatable bonds is 4. The molecule has 0 saturated carbocycles. The van der Waals surface area contributed by atoms with Gasteiger partial charge in [0, 0.05) is 13.8 Å². The molecule has 0 heterocycles. The van der Waals surface area contributed by atoms with Gasteiger partial charge in [0.1, 0.15) is 11.5 Å². The van der Waals surface area contributed by atoms with E-state index < -0.39 is 40.8 Å². The van der Waals surface area contributed by atoms with Crippen molar-refractivity contribution in [2.45, 2.75) is 45.5 Å². The molecule has 31 heavy (non-hydrogen) atoms. The van der Waals surface area contributed by atoms with Gasteiger partial charge < -0.3 is 9.47 Å². The number of alkyl halides is 6. The Bertz CT molecular complexity index is 926. The fourth-order valence-electron chi connectivity index (χ4n) is 3.29. The van der Waals surface area contributed by atoms with Crippen LogP contribution in [0.5, 0.6) is 11.5 Å². The number of carbonyl (C=O) groups is 2. The lowest BCUT2D eigenvalue weighted by Crippen LogP contribution is -2.54. The summed E-state index contributed by atoms with van der Waals surface area (Å²) in [5.74, 6) is -1.86. The van der Waals surface area contributed by atoms with Gasteiger partial charge in [-0.3, -0.25) is 9.59 Å². The fourth-order valence-corrected chi connectivity index (χ4v) is 3.29. The Morgan fingerprint density at radius 2 is 1.00 bits per heavy atom. The Hall–Kier alpha value is -3.04. The zero-order valence-corrected chi connectivity index (χ0v) is 16.9. The van der Waals surface area contributed by atoms with Crippen LogP contribution in [0.4, 0.5) is 26.3 Å². The number of hydrogen-bond donors (Lipinski definition) is 0. The third-order valence-electron chi connectivity index (χ3n) is 4.57. The number of aryl methyl sites for hydroxylation is 2. The third kappa shape index (κ3) is 4.52. The van der Waals surface area contributed by atoms with E-state index in [1.807, 2.05) is 0 Å². The van der Waals surface area contributed by atoms with Crippen molar-refractivity contribution in [3.63, 3.8) is 0 Å². The summed E-state index contributed by atoms with van der Waals surface area (Å²) in [5.41, 5.74) is -6.74. The van der Waals surface area contributed by atoms with Crippen LogP contribution >= 0.6 is 0 Å². The number of hydrogen-bond acceptors (Lipinski definition) is 4. The van der Waals surface area contributed by atoms with Gasteiger partial charge in [0.05, 0.1) is 0 Å². The van der Waals surface area contributed by atoms with E-state index in [4.69, 9.17) is 9.47 Å². The van der Waals surface area contributed by atoms with Gasteiger partial charge in [0.15, 0.2) is 0 Å². The highest BCUT2D eigenvalue weighted by Crippen LogP contribution is 2.56. The second kappa shape index (κ2) is 8.24. The minimum Gasteiger partial charge on any atom is -0.426 e. The Labute approximate surface area is 173 Å². The molecule has 0 fully saturated rings. The van der Waals surface area contributed by atoms with E-state index in [1.54, 1.807) is 0 Å². The van der Waals surface area contributed by atoms with Gasteiger partial charge in [-0.05, 0) is 48.2 Å². The number of ether oxygens (including phenoxy) is 2. The first-order chi connectivity index (χ1) is 14.1. The molecule has 0 aromatic heterocycles. The summed E-state index contributed by atoms with van der Waals surface area (Å²) in [4.78, 5) is 22.2. The number of esters is 2. The van der Waals surface area contributed by atoms with E-state index in [2.05, 4.69) is 0 Å². The van der Waals surface area contributed by atoms with Gasteiger partial charge in [-0.15, -0.1) is 0 Å². The summed E-state index contributed by atoms with van der Waals surface area (Å²) in [7, 11) is 0. The molecule has 168 valence electrons. The number of carbonyl (C=O) groups excluding carboxylic acids is 2. The topological polar surface area (TPSA) is 52.6 Å². The lowest BCUT2D eigenvalue weighted by Gasteiger charge is -2.38. The van der Waals surface area contributed by atoms with Crippen molar-refractivity contribution in [2.75, 3.05) is 0 Å². The highest BCUT2D eigenvalue weighted by Gasteiger charge is 2.72. The van der Waals surface area contributed by atoms with E-state index in [0.717, 1.165) is 26.0 Å². The summed E-state index contributed by atoms with van der Waals surface area (Å²) in [6.07, 6.45) is -11.6. The molecule has 0 aliphatic heterocycles. The van der Waals surface area contributed by atoms with Crippen molar-refractivity contribution < 1.29 is 45.4 Å². The lowest BCUT2D eigenvalue weighted by atomic mass is 9.72. The Kier molecular flexibility index (Phi) is 6.44. The molecule has 0 atom stereocenters. The number of halogens is 6. The molecule has 0 unspecified atom stereocenters. The highest BCUT2D eigenvalue weighted by molar-refractivity contribution is 5.70. The third-order valence-corrected chi connectivity index (χ3v) is 4.57. The summed E-state index contributed by atoms with van der Waals surface area (Å²) in [6.45, 7) is 4.57. The van der Waals surface area contributed by atoms with Crippen LogP contribution in [-0.4, -0.2) is 24.3 Å². The van der Waals surface area contributed by atoms with Crippen LogP contribution in [0.15, 0.2) is 36.4 Å². The Morgan fingerprint density at radius 1 is 0.677 bits per heavy atom. The maximum absolute atomic E-state index is 14.2. The monoisotopic (exact) mass is 448 g/mol. The molecule has 0 aliphatic rings. The molecule has 0 bridgehead atoms. The quantitative estimate of drug-likeness (QED) is 0.349. The van der Waals surface area contributed by atoms with Crippen molar-refractivity contribution in [2.24, 2.45) is 0 Å². The molecule has 0 amide bonds. The molecule has 4 nitrogen and oxygen atoms in total. The Balaban J connectivity index is 2.84. The molecule has 2 rings (SSSR count). The van der Waals surface area contributed by atoms with Crippen molar-refractivity contribution in [1.82, 2.24) is 0 Å². The predicted molar refractivity (Wildman–Crippen MR) is 97.9 cm³/mol. The van der Waals surface area contributed by atoms with Gasteiger partial charge in [-0.2, -0.15) is 26.3 Å². The Morgan fingerprint density at radius 3 is 1.23 bits per heavy atom. The van der Waals surface area contributed by atoms with Crippen LogP contribution in [0.3, 0.4) is 0 Å². The van der Waals surface area contributed by atoms with E-state index in [1.165, 1.54) is 13.8 Å². The maximum Gasteiger partial charge on any atom is 0.411 e. The van der Waals surface area contributed by atoms with E-state index in [-0.39, 0.29) is 22.6 Å². The summed E-state index contributed by atoms with van der Waals surface area (Å²) in [6, 6.07) is 4.41. The van der Waals surface area contributed by atoms with Crippen molar-refractivity contribution >= 4 is 11.9 Å². The molecular weight excluding hydrogens is 430 g/mol. The fraction of sp³-hybridized carbons (Fsp3) is 0.333. The van der Waals surface area contributed by atoms with Crippen molar-refractivity contribution in [3.8, 4) is 11.5 Å². The second-order valence-corrected chi connectivity index (χ2v) is 6.89. The first-order valence-electron chi connectivity index (χ1n) is 8.83. The summed E-state index contributed by atoms with van der Waals surface area (Å²) >= 11 is 0. The summed E-state index contributed by atoms with van der Waals surface area (Å²) < 4.78 is 95.0. The highest BCUT2D eigenvalue weighted by atomic mass is 19.4. The van der Waals surface area contributed by atoms with Gasteiger partial charge in [0.2, 0.25) is 5.41 Å². The van der Waals surface area contributed by atoms with E-state index >= 15 is 0 Å². The zero-order valence-electron chi connectivity index (χ0n) is 16.9. The molecule has 0 aliphatic carbocycles. The predicted octanol–water partition coefficient (Wildman–Crippen LogP) is 5.56. The summed E-state index contributed by atoms with van der Waals surface area (Å²) in [5, 5.41) is 0. The largest absolute Gasteiger partial charge is 0.426 e. The number of benzene rings is 2. The second-order valence-electron chi connectivity index (χ2n) is 6.89. The molecule has 10 heteroatoms. The van der Waals surface area contributed by atoms with Crippen molar-refractivity contribution in [3.05, 3.63) is 58.7 Å². The van der Waals surface area contributed by atoms with Crippen LogP contribution in [0, 0.1) is 13.8 Å². The van der Waals surface area contributed by atoms with Crippen LogP contribution in [0.1, 0.15) is 36.1 Å². The standard InChI is InChI=1S/C21H18F6O4/c1-11-9-15(5-7-17(11)30-13(3)28)19(20(22,23)24,21(25,26)27)16-6-8-18(12(2)10-16)31-14(4)29/h5-10H,1-4H3. The first kappa shape index (κ1) is 24.2. The average Bonchev–Trinajstić information content (AvgIpc) is 2.57. The van der Waals surface area contributed by atoms with Crippen LogP contribution < -0.4 is 9.47 Å². The van der Waals surface area contributed by atoms with E-state index in [9.17, 15) is 35.9 Å². The molecule has 0 radical (unpaired) electrons. The van der Waals surface area contributed by atoms with Crippen LogP contribution in [-0.2, 0) is 15.0 Å². The van der Waals surface area contributed by atoms with Gasteiger partial charge in [-0.1, -0.05) is 24.3 Å². The van der Waals surface area contributed by atoms with Gasteiger partial charge >= 0.3 is 24.3 Å². The molecule has 0 N–H and O–H groups in total. The smallest absolute Gasteiger partial charge is 0.411 e. The average molecular weight is 448 g/mol. The van der Waals surface area contributed by atoms with Gasteiger partial charge in [-0.25, -0.2) is 0 Å². The van der Waals surface area contributed by atoms with Crippen LogP contribution in [0.2, 0.25) is 0 Å². The molecule has 0 spiro atoms. The van der Waals surface area contributed by atoms with Gasteiger partial charge in [0.25, 0.3) is 0 Å². The normalized spacial score (nSPS) is 12.5. The molecule has 2 aromatic carbocycles. The maximum atomic E-state index is 14.2. The SMILES string of the molecule is CC(=O)Oc1ccc(C(c2ccc(OC(C)=O)c(C)c2)(C(F)(F)F)C(F)(F)F)cc1C. The van der Waals surface area contributed by atoms with Crippen LogP contribution in [0.25, 0.3) is 0 Å². The first-order valence-corrected chi connectivity index (χ1v) is 8.83. The zero-order chi connectivity index (χ0) is 23.8. The van der Waals surface area contributed by atoms with Crippen molar-refractivity contribution in [1.29, 1.82) is 0 Å². The molecule has 0 saturated heterocycles. The lowest BCUT2D eigenvalue weighted by molar-refractivity contribution is -0.288. The minimum absolute atomic E-state index is 0.0844. The molecular formula is C21H18F6O4. The minimum atomic E-state index is -5.78. The molecule has 2 aromatic rings. The van der Waals surface area contributed by atoms with E-state index in [0.29, 0.717) is 24.3 Å².